The van der Waals surface area contributed by atoms with Crippen molar-refractivity contribution in [2.24, 2.45) is 11.3 Å². The zero-order chi connectivity index (χ0) is 10.0. The summed E-state index contributed by atoms with van der Waals surface area (Å²) in [7, 11) is 0. The average Bonchev–Trinajstić information content (AvgIpc) is 2.69. The van der Waals surface area contributed by atoms with E-state index in [1.165, 1.54) is 0 Å². The van der Waals surface area contributed by atoms with E-state index in [4.69, 9.17) is 4.74 Å². The van der Waals surface area contributed by atoms with Crippen LogP contribution in [0, 0.1) is 11.3 Å². The molecule has 2 fully saturated rings. The predicted molar refractivity (Wildman–Crippen MR) is 51.1 cm³/mol. The molecule has 0 amide bonds. The summed E-state index contributed by atoms with van der Waals surface area (Å²) in [6.07, 6.45) is 2.56. The van der Waals surface area contributed by atoms with E-state index in [1.54, 1.807) is 0 Å². The summed E-state index contributed by atoms with van der Waals surface area (Å²) >= 11 is 0. The molecule has 2 rings (SSSR count). The predicted octanol–water partition coefficient (Wildman–Crippen LogP) is 0.477. The number of carboxylic acids is 1. The highest BCUT2D eigenvalue weighted by atomic mass is 16.5. The van der Waals surface area contributed by atoms with Crippen LogP contribution in [0.15, 0.2) is 0 Å². The summed E-state index contributed by atoms with van der Waals surface area (Å²) in [5.74, 6) is -0.335. The zero-order valence-corrected chi connectivity index (χ0v) is 8.29. The Kier molecular flexibility index (Phi) is 2.74. The van der Waals surface area contributed by atoms with Gasteiger partial charge in [0.25, 0.3) is 0 Å². The van der Waals surface area contributed by atoms with Crippen LogP contribution < -0.4 is 5.32 Å². The van der Waals surface area contributed by atoms with E-state index in [0.29, 0.717) is 12.5 Å². The van der Waals surface area contributed by atoms with Crippen LogP contribution in [0.3, 0.4) is 0 Å². The van der Waals surface area contributed by atoms with Gasteiger partial charge in [-0.1, -0.05) is 0 Å². The van der Waals surface area contributed by atoms with E-state index < -0.39 is 11.4 Å². The van der Waals surface area contributed by atoms with Gasteiger partial charge in [-0.3, -0.25) is 4.79 Å². The Balaban J connectivity index is 2.12. The highest BCUT2D eigenvalue weighted by molar-refractivity contribution is 5.76. The molecule has 2 N–H and O–H groups in total. The van der Waals surface area contributed by atoms with E-state index >= 15 is 0 Å². The van der Waals surface area contributed by atoms with Crippen LogP contribution in [0.1, 0.15) is 19.3 Å². The normalized spacial score (nSPS) is 34.6. The van der Waals surface area contributed by atoms with Gasteiger partial charge in [-0.05, 0) is 31.7 Å². The molecule has 0 spiro atoms. The maximum atomic E-state index is 11.3. The molecule has 2 heterocycles. The highest BCUT2D eigenvalue weighted by Gasteiger charge is 2.47. The number of rotatable bonds is 2. The SMILES string of the molecule is O=C(O)C1(C2CCOCC2)CCNC1. The Bertz CT molecular complexity index is 217. The molecule has 2 saturated heterocycles. The number of carbonyl (C=O) groups is 1. The van der Waals surface area contributed by atoms with Gasteiger partial charge >= 0.3 is 5.97 Å². The first-order valence-corrected chi connectivity index (χ1v) is 5.27. The molecule has 80 valence electrons. The molecule has 14 heavy (non-hydrogen) atoms. The van der Waals surface area contributed by atoms with Gasteiger partial charge in [0.1, 0.15) is 0 Å². The molecule has 1 unspecified atom stereocenters. The number of hydrogen-bond donors (Lipinski definition) is 2. The molecule has 0 radical (unpaired) electrons. The molecule has 4 nitrogen and oxygen atoms in total. The summed E-state index contributed by atoms with van der Waals surface area (Å²) in [5, 5.41) is 12.5. The molecule has 2 aliphatic heterocycles. The highest BCUT2D eigenvalue weighted by Crippen LogP contribution is 2.40. The molecule has 1 atom stereocenters. The molecular weight excluding hydrogens is 182 g/mol. The second-order valence-corrected chi connectivity index (χ2v) is 4.27. The molecule has 0 aliphatic carbocycles. The second kappa shape index (κ2) is 3.87. The quantitative estimate of drug-likeness (QED) is 0.679. The lowest BCUT2D eigenvalue weighted by atomic mass is 9.71. The van der Waals surface area contributed by atoms with Gasteiger partial charge in [0.05, 0.1) is 5.41 Å². The molecule has 0 bridgehead atoms. The zero-order valence-electron chi connectivity index (χ0n) is 8.29. The van der Waals surface area contributed by atoms with Crippen LogP contribution in [-0.4, -0.2) is 37.4 Å². The Hall–Kier alpha value is -0.610. The number of hydrogen-bond acceptors (Lipinski definition) is 3. The van der Waals surface area contributed by atoms with E-state index in [1.807, 2.05) is 0 Å². The van der Waals surface area contributed by atoms with Crippen molar-refractivity contribution < 1.29 is 14.6 Å². The third kappa shape index (κ3) is 1.53. The van der Waals surface area contributed by atoms with Crippen LogP contribution in [0.4, 0.5) is 0 Å². The number of ether oxygens (including phenoxy) is 1. The minimum Gasteiger partial charge on any atom is -0.481 e. The summed E-state index contributed by atoms with van der Waals surface area (Å²) in [5.41, 5.74) is -0.510. The van der Waals surface area contributed by atoms with Crippen molar-refractivity contribution >= 4 is 5.97 Å². The van der Waals surface area contributed by atoms with Crippen LogP contribution in [0.5, 0.6) is 0 Å². The molecule has 0 aromatic heterocycles. The van der Waals surface area contributed by atoms with Crippen molar-refractivity contribution in [1.29, 1.82) is 0 Å². The Morgan fingerprint density at radius 3 is 2.64 bits per heavy atom. The lowest BCUT2D eigenvalue weighted by molar-refractivity contribution is -0.153. The minimum atomic E-state index is -0.630. The van der Waals surface area contributed by atoms with E-state index in [0.717, 1.165) is 39.0 Å². The average molecular weight is 199 g/mol. The summed E-state index contributed by atoms with van der Waals surface area (Å²) in [6.45, 7) is 2.91. The fourth-order valence-corrected chi connectivity index (χ4v) is 2.67. The first-order chi connectivity index (χ1) is 6.76. The monoisotopic (exact) mass is 199 g/mol. The van der Waals surface area contributed by atoms with Crippen molar-refractivity contribution in [3.8, 4) is 0 Å². The molecule has 0 saturated carbocycles. The molecule has 4 heteroatoms. The third-order valence-electron chi connectivity index (χ3n) is 3.62. The molecule has 2 aliphatic rings. The summed E-state index contributed by atoms with van der Waals surface area (Å²) < 4.78 is 5.27. The van der Waals surface area contributed by atoms with Crippen molar-refractivity contribution in [2.45, 2.75) is 19.3 Å². The van der Waals surface area contributed by atoms with E-state index in [2.05, 4.69) is 5.32 Å². The molecular formula is C10H17NO3. The minimum absolute atomic E-state index is 0.295. The topological polar surface area (TPSA) is 58.6 Å². The number of carboxylic acid groups (broad SMARTS) is 1. The van der Waals surface area contributed by atoms with Gasteiger partial charge in [-0.15, -0.1) is 0 Å². The lowest BCUT2D eigenvalue weighted by Crippen LogP contribution is -2.43. The fraction of sp³-hybridized carbons (Fsp3) is 0.900. The fourth-order valence-electron chi connectivity index (χ4n) is 2.67. The van der Waals surface area contributed by atoms with Crippen LogP contribution in [0.25, 0.3) is 0 Å². The van der Waals surface area contributed by atoms with Gasteiger partial charge in [-0.2, -0.15) is 0 Å². The van der Waals surface area contributed by atoms with E-state index in [9.17, 15) is 9.90 Å². The van der Waals surface area contributed by atoms with Crippen molar-refractivity contribution in [1.82, 2.24) is 5.32 Å². The van der Waals surface area contributed by atoms with Gasteiger partial charge in [0.15, 0.2) is 0 Å². The maximum absolute atomic E-state index is 11.3. The Morgan fingerprint density at radius 2 is 2.14 bits per heavy atom. The van der Waals surface area contributed by atoms with E-state index in [-0.39, 0.29) is 0 Å². The first kappa shape index (κ1) is 9.93. The third-order valence-corrected chi connectivity index (χ3v) is 3.62. The lowest BCUT2D eigenvalue weighted by Gasteiger charge is -2.35. The maximum Gasteiger partial charge on any atom is 0.311 e. The standard InChI is InChI=1S/C10H17NO3/c12-9(13)10(3-4-11-7-10)8-1-5-14-6-2-8/h8,11H,1-7H2,(H,12,13). The van der Waals surface area contributed by atoms with Gasteiger partial charge in [0.2, 0.25) is 0 Å². The largest absolute Gasteiger partial charge is 0.481 e. The Morgan fingerprint density at radius 1 is 1.43 bits per heavy atom. The van der Waals surface area contributed by atoms with Crippen LogP contribution in [0.2, 0.25) is 0 Å². The van der Waals surface area contributed by atoms with Crippen molar-refractivity contribution in [3.63, 3.8) is 0 Å². The number of aliphatic carboxylic acids is 1. The number of nitrogens with one attached hydrogen (secondary N) is 1. The van der Waals surface area contributed by atoms with Gasteiger partial charge in [0, 0.05) is 19.8 Å². The van der Waals surface area contributed by atoms with Crippen molar-refractivity contribution in [2.75, 3.05) is 26.3 Å². The molecule has 0 aromatic carbocycles. The van der Waals surface area contributed by atoms with Gasteiger partial charge < -0.3 is 15.2 Å². The smallest absolute Gasteiger partial charge is 0.311 e. The summed E-state index contributed by atoms with van der Waals surface area (Å²) in [4.78, 5) is 11.3. The van der Waals surface area contributed by atoms with Crippen LogP contribution >= 0.6 is 0 Å². The first-order valence-electron chi connectivity index (χ1n) is 5.27. The van der Waals surface area contributed by atoms with Crippen LogP contribution in [-0.2, 0) is 9.53 Å². The van der Waals surface area contributed by atoms with Crippen molar-refractivity contribution in [3.05, 3.63) is 0 Å². The van der Waals surface area contributed by atoms with Gasteiger partial charge in [-0.25, -0.2) is 0 Å². The summed E-state index contributed by atoms with van der Waals surface area (Å²) in [6, 6.07) is 0. The second-order valence-electron chi connectivity index (χ2n) is 4.27. The molecule has 0 aromatic rings. The Labute approximate surface area is 83.6 Å².